The van der Waals surface area contributed by atoms with Crippen LogP contribution in [0.2, 0.25) is 0 Å². The molecule has 0 bridgehead atoms. The van der Waals surface area contributed by atoms with Crippen LogP contribution in [0.1, 0.15) is 16.8 Å². The number of nitrogens with two attached hydrogens (primary N) is 1. The molecule has 1 atom stereocenters. The Morgan fingerprint density at radius 1 is 1.55 bits per heavy atom. The maximum Gasteiger partial charge on any atom is 0.294 e. The third-order valence-electron chi connectivity index (χ3n) is 3.19. The molecule has 1 heterocycles. The second-order valence-electron chi connectivity index (χ2n) is 4.57. The number of nitro groups is 1. The average Bonchev–Trinajstić information content (AvgIpc) is 2.97. The van der Waals surface area contributed by atoms with Crippen molar-refractivity contribution in [3.05, 3.63) is 33.9 Å². The highest BCUT2D eigenvalue weighted by atomic mass is 16.6. The molecule has 1 amide bonds. The summed E-state index contributed by atoms with van der Waals surface area (Å²) in [5.41, 5.74) is 2.39. The van der Waals surface area contributed by atoms with Crippen LogP contribution in [0.3, 0.4) is 0 Å². The molecule has 0 aliphatic carbocycles. The molecule has 108 valence electrons. The highest BCUT2D eigenvalue weighted by Gasteiger charge is 2.19. The van der Waals surface area contributed by atoms with Crippen LogP contribution in [0, 0.1) is 16.0 Å². The van der Waals surface area contributed by atoms with Gasteiger partial charge in [-0.1, -0.05) is 0 Å². The zero-order valence-electron chi connectivity index (χ0n) is 10.8. The van der Waals surface area contributed by atoms with Crippen molar-refractivity contribution in [2.45, 2.75) is 6.42 Å². The summed E-state index contributed by atoms with van der Waals surface area (Å²) in [5, 5.41) is 13.6. The summed E-state index contributed by atoms with van der Waals surface area (Å²) in [6.45, 7) is 1.85. The summed E-state index contributed by atoms with van der Waals surface area (Å²) in [6, 6.07) is 4.10. The van der Waals surface area contributed by atoms with E-state index in [1.165, 1.54) is 18.2 Å². The van der Waals surface area contributed by atoms with Crippen molar-refractivity contribution in [3.8, 4) is 0 Å². The van der Waals surface area contributed by atoms with Gasteiger partial charge in [0.15, 0.2) is 0 Å². The third-order valence-corrected chi connectivity index (χ3v) is 3.19. The summed E-state index contributed by atoms with van der Waals surface area (Å²) in [4.78, 5) is 22.2. The van der Waals surface area contributed by atoms with Gasteiger partial charge in [-0.2, -0.15) is 0 Å². The van der Waals surface area contributed by atoms with Crippen LogP contribution in [-0.2, 0) is 4.74 Å². The average molecular weight is 280 g/mol. The first kappa shape index (κ1) is 14.2. The summed E-state index contributed by atoms with van der Waals surface area (Å²) in [6.07, 6.45) is 0.913. The lowest BCUT2D eigenvalue weighted by atomic mass is 10.1. The first-order valence-corrected chi connectivity index (χ1v) is 6.23. The number of hydrogen-bond donors (Lipinski definition) is 3. The lowest BCUT2D eigenvalue weighted by molar-refractivity contribution is -0.384. The number of nitro benzene ring substituents is 1. The molecule has 1 aliphatic heterocycles. The number of hydrazine groups is 1. The Bertz CT molecular complexity index is 514. The minimum atomic E-state index is -0.587. The van der Waals surface area contributed by atoms with Crippen LogP contribution in [0.5, 0.6) is 0 Å². The zero-order valence-corrected chi connectivity index (χ0v) is 10.8. The third kappa shape index (κ3) is 3.22. The smallest absolute Gasteiger partial charge is 0.294 e. The maximum absolute atomic E-state index is 11.9. The molecule has 1 unspecified atom stereocenters. The van der Waals surface area contributed by atoms with Gasteiger partial charge >= 0.3 is 0 Å². The van der Waals surface area contributed by atoms with Crippen molar-refractivity contribution in [1.29, 1.82) is 0 Å². The van der Waals surface area contributed by atoms with Crippen LogP contribution in [0.15, 0.2) is 18.2 Å². The fraction of sp³-hybridized carbons (Fsp3) is 0.417. The SMILES string of the molecule is NNc1ccc(C(=O)NCC2CCOC2)cc1[N+](=O)[O-]. The van der Waals surface area contributed by atoms with Crippen molar-refractivity contribution in [1.82, 2.24) is 5.32 Å². The van der Waals surface area contributed by atoms with E-state index in [1.807, 2.05) is 0 Å². The number of ether oxygens (including phenoxy) is 1. The van der Waals surface area contributed by atoms with E-state index in [1.54, 1.807) is 0 Å². The van der Waals surface area contributed by atoms with Gasteiger partial charge in [-0.3, -0.25) is 20.8 Å². The quantitative estimate of drug-likeness (QED) is 0.414. The summed E-state index contributed by atoms with van der Waals surface area (Å²) < 4.78 is 5.21. The van der Waals surface area contributed by atoms with E-state index < -0.39 is 4.92 Å². The molecule has 0 radical (unpaired) electrons. The molecule has 1 saturated heterocycles. The monoisotopic (exact) mass is 280 g/mol. The van der Waals surface area contributed by atoms with Crippen LogP contribution in [0.25, 0.3) is 0 Å². The first-order valence-electron chi connectivity index (χ1n) is 6.23. The normalized spacial score (nSPS) is 17.8. The first-order chi connectivity index (χ1) is 9.61. The van der Waals surface area contributed by atoms with Gasteiger partial charge in [0.25, 0.3) is 11.6 Å². The fourth-order valence-corrected chi connectivity index (χ4v) is 2.03. The van der Waals surface area contributed by atoms with Gasteiger partial charge in [0.1, 0.15) is 5.69 Å². The second-order valence-corrected chi connectivity index (χ2v) is 4.57. The lowest BCUT2D eigenvalue weighted by Gasteiger charge is -2.10. The molecule has 0 aromatic heterocycles. The molecule has 1 aromatic carbocycles. The lowest BCUT2D eigenvalue weighted by Crippen LogP contribution is -2.29. The van der Waals surface area contributed by atoms with E-state index in [0.29, 0.717) is 25.7 Å². The van der Waals surface area contributed by atoms with Gasteiger partial charge in [-0.05, 0) is 18.6 Å². The Hall–Kier alpha value is -2.19. The highest BCUT2D eigenvalue weighted by molar-refractivity contribution is 5.95. The topological polar surface area (TPSA) is 120 Å². The van der Waals surface area contributed by atoms with Gasteiger partial charge in [0.05, 0.1) is 11.5 Å². The summed E-state index contributed by atoms with van der Waals surface area (Å²) in [7, 11) is 0. The molecule has 20 heavy (non-hydrogen) atoms. The van der Waals surface area contributed by atoms with E-state index in [-0.39, 0.29) is 22.8 Å². The predicted octanol–water partition coefficient (Wildman–Crippen LogP) is 0.647. The number of nitrogen functional groups attached to an aromatic ring is 1. The Morgan fingerprint density at radius 2 is 2.35 bits per heavy atom. The van der Waals surface area contributed by atoms with Gasteiger partial charge in [-0.15, -0.1) is 0 Å². The molecule has 4 N–H and O–H groups in total. The van der Waals surface area contributed by atoms with Gasteiger partial charge in [0, 0.05) is 30.7 Å². The molecule has 1 aromatic rings. The second kappa shape index (κ2) is 6.31. The van der Waals surface area contributed by atoms with Crippen molar-refractivity contribution in [3.63, 3.8) is 0 Å². The van der Waals surface area contributed by atoms with E-state index in [4.69, 9.17) is 10.6 Å². The number of carbonyl (C=O) groups excluding carboxylic acids is 1. The summed E-state index contributed by atoms with van der Waals surface area (Å²) in [5.74, 6) is 5.15. The molecular formula is C12H16N4O4. The van der Waals surface area contributed by atoms with Gasteiger partial charge in [-0.25, -0.2) is 0 Å². The summed E-state index contributed by atoms with van der Waals surface area (Å²) >= 11 is 0. The van der Waals surface area contributed by atoms with Crippen LogP contribution in [0.4, 0.5) is 11.4 Å². The minimum Gasteiger partial charge on any atom is -0.381 e. The number of nitrogens with one attached hydrogen (secondary N) is 2. The minimum absolute atomic E-state index is 0.163. The van der Waals surface area contributed by atoms with E-state index in [2.05, 4.69) is 10.7 Å². The molecule has 2 rings (SSSR count). The Balaban J connectivity index is 2.05. The van der Waals surface area contributed by atoms with Crippen LogP contribution >= 0.6 is 0 Å². The van der Waals surface area contributed by atoms with Gasteiger partial charge in [0.2, 0.25) is 0 Å². The Kier molecular flexibility index (Phi) is 4.49. The maximum atomic E-state index is 11.9. The molecule has 0 saturated carbocycles. The number of carbonyl (C=O) groups is 1. The van der Waals surface area contributed by atoms with Crippen molar-refractivity contribution < 1.29 is 14.5 Å². The standard InChI is InChI=1S/C12H16N4O4/c13-15-10-2-1-9(5-11(10)16(18)19)12(17)14-6-8-3-4-20-7-8/h1-2,5,8,15H,3-4,6-7,13H2,(H,14,17). The molecule has 0 spiro atoms. The molecule has 1 aliphatic rings. The van der Waals surface area contributed by atoms with E-state index in [0.717, 1.165) is 6.42 Å². The highest BCUT2D eigenvalue weighted by Crippen LogP contribution is 2.24. The number of benzene rings is 1. The number of hydrogen-bond acceptors (Lipinski definition) is 6. The predicted molar refractivity (Wildman–Crippen MR) is 72.2 cm³/mol. The zero-order chi connectivity index (χ0) is 14.5. The van der Waals surface area contributed by atoms with Crippen molar-refractivity contribution in [2.24, 2.45) is 11.8 Å². The van der Waals surface area contributed by atoms with Gasteiger partial charge < -0.3 is 15.5 Å². The van der Waals surface area contributed by atoms with Crippen LogP contribution in [-0.4, -0.2) is 30.6 Å². The molecule has 8 nitrogen and oxygen atoms in total. The Morgan fingerprint density at radius 3 is 2.95 bits per heavy atom. The largest absolute Gasteiger partial charge is 0.381 e. The van der Waals surface area contributed by atoms with E-state index in [9.17, 15) is 14.9 Å². The number of rotatable bonds is 5. The van der Waals surface area contributed by atoms with Crippen molar-refractivity contribution >= 4 is 17.3 Å². The molecule has 8 heteroatoms. The number of amides is 1. The molecular weight excluding hydrogens is 264 g/mol. The molecule has 1 fully saturated rings. The van der Waals surface area contributed by atoms with E-state index >= 15 is 0 Å². The Labute approximate surface area is 115 Å². The number of nitrogens with zero attached hydrogens (tertiary/aromatic N) is 1. The fourth-order valence-electron chi connectivity index (χ4n) is 2.03. The number of anilines is 1. The van der Waals surface area contributed by atoms with Crippen LogP contribution < -0.4 is 16.6 Å². The van der Waals surface area contributed by atoms with Crippen molar-refractivity contribution in [2.75, 3.05) is 25.2 Å².